The van der Waals surface area contributed by atoms with E-state index in [0.29, 0.717) is 13.2 Å². The van der Waals surface area contributed by atoms with Gasteiger partial charge in [-0.25, -0.2) is 0 Å². The van der Waals surface area contributed by atoms with Crippen LogP contribution in [0, 0.1) is 0 Å². The van der Waals surface area contributed by atoms with Crippen molar-refractivity contribution in [3.8, 4) is 0 Å². The van der Waals surface area contributed by atoms with Gasteiger partial charge in [-0.2, -0.15) is 0 Å². The molecule has 0 unspecified atom stereocenters. The monoisotopic (exact) mass is 300 g/mol. The Kier molecular flexibility index (Phi) is 4.21. The van der Waals surface area contributed by atoms with Crippen LogP contribution in [0.2, 0.25) is 0 Å². The van der Waals surface area contributed by atoms with Gasteiger partial charge < -0.3 is 14.6 Å². The van der Waals surface area contributed by atoms with Gasteiger partial charge >= 0.3 is 0 Å². The van der Waals surface area contributed by atoms with E-state index in [-0.39, 0.29) is 5.91 Å². The average molecular weight is 300 g/mol. The number of fused-ring (bicyclic) bond motifs is 1. The third-order valence-electron chi connectivity index (χ3n) is 4.66. The third kappa shape index (κ3) is 2.63. The largest absolute Gasteiger partial charge is 0.365 e. The smallest absolute Gasteiger partial charge is 0.254 e. The van der Waals surface area contributed by atoms with Crippen molar-refractivity contribution < 1.29 is 9.53 Å². The highest BCUT2D eigenvalue weighted by Crippen LogP contribution is 2.35. The molecule has 0 saturated heterocycles. The predicted molar refractivity (Wildman–Crippen MR) is 87.6 cm³/mol. The molecule has 1 aromatic heterocycles. The van der Waals surface area contributed by atoms with Crippen molar-refractivity contribution in [1.82, 2.24) is 9.88 Å². The summed E-state index contributed by atoms with van der Waals surface area (Å²) in [5.41, 5.74) is 1.69. The van der Waals surface area contributed by atoms with Crippen molar-refractivity contribution >= 4 is 16.8 Å². The number of hydrogen-bond acceptors (Lipinski definition) is 2. The minimum absolute atomic E-state index is 0.124. The van der Waals surface area contributed by atoms with Crippen LogP contribution in [0.25, 0.3) is 10.9 Å². The lowest BCUT2D eigenvalue weighted by Gasteiger charge is -2.32. The molecule has 1 aliphatic carbocycles. The fourth-order valence-corrected chi connectivity index (χ4v) is 3.61. The highest BCUT2D eigenvalue weighted by Gasteiger charge is 2.43. The fourth-order valence-electron chi connectivity index (χ4n) is 3.61. The molecule has 0 spiro atoms. The highest BCUT2D eigenvalue weighted by molar-refractivity contribution is 5.87. The number of carbonyl (C=O) groups is 1. The van der Waals surface area contributed by atoms with Gasteiger partial charge in [-0.1, -0.05) is 12.1 Å². The van der Waals surface area contributed by atoms with Crippen LogP contribution < -0.4 is 0 Å². The van der Waals surface area contributed by atoms with E-state index in [0.717, 1.165) is 31.2 Å². The highest BCUT2D eigenvalue weighted by atomic mass is 16.5. The van der Waals surface area contributed by atoms with Crippen LogP contribution in [0.15, 0.2) is 30.5 Å². The van der Waals surface area contributed by atoms with Crippen molar-refractivity contribution in [3.05, 3.63) is 36.0 Å². The second-order valence-electron chi connectivity index (χ2n) is 6.15. The van der Waals surface area contributed by atoms with Gasteiger partial charge in [-0.3, -0.25) is 4.79 Å². The summed E-state index contributed by atoms with van der Waals surface area (Å²) in [5.74, 6) is 0.124. The number of benzene rings is 1. The number of likely N-dealkylation sites (N-methyl/N-ethyl adjacent to an activating group) is 1. The van der Waals surface area contributed by atoms with Crippen molar-refractivity contribution in [2.24, 2.45) is 0 Å². The summed E-state index contributed by atoms with van der Waals surface area (Å²) in [6.45, 7) is 3.17. The fraction of sp³-hybridized carbons (Fsp3) is 0.500. The molecule has 1 aromatic carbocycles. The van der Waals surface area contributed by atoms with Gasteiger partial charge in [0.05, 0.1) is 0 Å². The Bertz CT molecular complexity index is 656. The molecule has 1 amide bonds. The van der Waals surface area contributed by atoms with Crippen molar-refractivity contribution in [2.45, 2.75) is 44.8 Å². The first kappa shape index (κ1) is 15.1. The Morgan fingerprint density at radius 1 is 1.32 bits per heavy atom. The molecule has 1 heterocycles. The molecule has 22 heavy (non-hydrogen) atoms. The van der Waals surface area contributed by atoms with Crippen molar-refractivity contribution in [1.29, 1.82) is 0 Å². The quantitative estimate of drug-likeness (QED) is 0.919. The maximum atomic E-state index is 12.9. The number of hydrogen-bond donors (Lipinski definition) is 1. The van der Waals surface area contributed by atoms with Gasteiger partial charge in [-0.15, -0.1) is 0 Å². The SMILES string of the molecule is CCOC1(C(=O)N(C)Cc2cccc3[nH]ccc23)CCCC1. The molecule has 4 nitrogen and oxygen atoms in total. The van der Waals surface area contributed by atoms with Gasteiger partial charge in [0.1, 0.15) is 5.60 Å². The second-order valence-corrected chi connectivity index (χ2v) is 6.15. The summed E-state index contributed by atoms with van der Waals surface area (Å²) in [5, 5.41) is 1.18. The Labute approximate surface area is 131 Å². The maximum absolute atomic E-state index is 12.9. The number of carbonyl (C=O) groups excluding carboxylic acids is 1. The molecule has 118 valence electrons. The predicted octanol–water partition coefficient (Wildman–Crippen LogP) is 3.48. The molecule has 2 aromatic rings. The number of ether oxygens (including phenoxy) is 1. The summed E-state index contributed by atoms with van der Waals surface area (Å²) < 4.78 is 5.89. The first-order valence-corrected chi connectivity index (χ1v) is 8.11. The van der Waals surface area contributed by atoms with Gasteiger partial charge in [0.2, 0.25) is 0 Å². The van der Waals surface area contributed by atoms with E-state index in [1.165, 1.54) is 10.9 Å². The van der Waals surface area contributed by atoms with Gasteiger partial charge in [-0.05, 0) is 50.3 Å². The summed E-state index contributed by atoms with van der Waals surface area (Å²) in [4.78, 5) is 18.0. The summed E-state index contributed by atoms with van der Waals surface area (Å²) in [6.07, 6.45) is 5.78. The van der Waals surface area contributed by atoms with Crippen LogP contribution in [-0.4, -0.2) is 35.0 Å². The lowest BCUT2D eigenvalue weighted by molar-refractivity contribution is -0.156. The van der Waals surface area contributed by atoms with Crippen LogP contribution in [-0.2, 0) is 16.1 Å². The minimum atomic E-state index is -0.588. The number of aromatic amines is 1. The zero-order valence-electron chi connectivity index (χ0n) is 13.4. The van der Waals surface area contributed by atoms with Crippen LogP contribution in [0.5, 0.6) is 0 Å². The second kappa shape index (κ2) is 6.13. The van der Waals surface area contributed by atoms with E-state index in [1.807, 2.05) is 31.1 Å². The summed E-state index contributed by atoms with van der Waals surface area (Å²) in [6, 6.07) is 8.23. The molecule has 1 fully saturated rings. The molecular formula is C18H24N2O2. The molecule has 0 bridgehead atoms. The van der Waals surface area contributed by atoms with Crippen LogP contribution in [0.4, 0.5) is 0 Å². The summed E-state index contributed by atoms with van der Waals surface area (Å²) in [7, 11) is 1.88. The number of rotatable bonds is 5. The number of amides is 1. The number of nitrogens with zero attached hydrogens (tertiary/aromatic N) is 1. The lowest BCUT2D eigenvalue weighted by Crippen LogP contribution is -2.47. The van der Waals surface area contributed by atoms with E-state index >= 15 is 0 Å². The molecular weight excluding hydrogens is 276 g/mol. The van der Waals surface area contributed by atoms with E-state index in [9.17, 15) is 4.79 Å². The van der Waals surface area contributed by atoms with E-state index in [1.54, 1.807) is 0 Å². The maximum Gasteiger partial charge on any atom is 0.254 e. The molecule has 1 aliphatic rings. The molecule has 4 heteroatoms. The van der Waals surface area contributed by atoms with E-state index in [4.69, 9.17) is 4.74 Å². The van der Waals surface area contributed by atoms with Gasteiger partial charge in [0.15, 0.2) is 0 Å². The molecule has 1 N–H and O–H groups in total. The van der Waals surface area contributed by atoms with E-state index < -0.39 is 5.60 Å². The Balaban J connectivity index is 1.80. The molecule has 0 aliphatic heterocycles. The number of nitrogens with one attached hydrogen (secondary N) is 1. The standard InChI is InChI=1S/C18H24N2O2/c1-3-22-18(10-4-5-11-18)17(21)20(2)13-14-7-6-8-16-15(14)9-12-19-16/h6-9,12,19H,3-5,10-11,13H2,1-2H3. The third-order valence-corrected chi connectivity index (χ3v) is 4.66. The molecule has 1 saturated carbocycles. The molecule has 0 radical (unpaired) electrons. The zero-order chi connectivity index (χ0) is 15.6. The van der Waals surface area contributed by atoms with Crippen LogP contribution in [0.3, 0.4) is 0 Å². The van der Waals surface area contributed by atoms with Gasteiger partial charge in [0, 0.05) is 37.3 Å². The van der Waals surface area contributed by atoms with Gasteiger partial charge in [0.25, 0.3) is 5.91 Å². The Morgan fingerprint density at radius 2 is 2.09 bits per heavy atom. The Morgan fingerprint density at radius 3 is 2.82 bits per heavy atom. The number of aromatic nitrogens is 1. The first-order valence-electron chi connectivity index (χ1n) is 8.11. The Hall–Kier alpha value is -1.81. The number of H-pyrrole nitrogens is 1. The van der Waals surface area contributed by atoms with Crippen LogP contribution >= 0.6 is 0 Å². The normalized spacial score (nSPS) is 17.0. The van der Waals surface area contributed by atoms with E-state index in [2.05, 4.69) is 23.2 Å². The topological polar surface area (TPSA) is 45.3 Å². The molecule has 0 atom stereocenters. The van der Waals surface area contributed by atoms with Crippen molar-refractivity contribution in [2.75, 3.05) is 13.7 Å². The molecule has 3 rings (SSSR count). The van der Waals surface area contributed by atoms with Crippen LogP contribution in [0.1, 0.15) is 38.2 Å². The average Bonchev–Trinajstić information content (AvgIpc) is 3.16. The zero-order valence-corrected chi connectivity index (χ0v) is 13.4. The minimum Gasteiger partial charge on any atom is -0.365 e. The first-order chi connectivity index (χ1) is 10.7. The van der Waals surface area contributed by atoms with Crippen molar-refractivity contribution in [3.63, 3.8) is 0 Å². The summed E-state index contributed by atoms with van der Waals surface area (Å²) >= 11 is 0. The lowest BCUT2D eigenvalue weighted by atomic mass is 9.99.